The van der Waals surface area contributed by atoms with E-state index in [0.717, 1.165) is 11.3 Å². The van der Waals surface area contributed by atoms with Crippen LogP contribution in [0.3, 0.4) is 0 Å². The number of hydrogen-bond acceptors (Lipinski definition) is 5. The molecule has 0 bridgehead atoms. The number of rotatable bonds is 4. The second-order valence-electron chi connectivity index (χ2n) is 6.25. The van der Waals surface area contributed by atoms with Gasteiger partial charge in [0.25, 0.3) is 5.91 Å². The molecule has 1 aromatic heterocycles. The summed E-state index contributed by atoms with van der Waals surface area (Å²) in [4.78, 5) is 21.3. The lowest BCUT2D eigenvalue weighted by molar-refractivity contribution is 0.102. The molecule has 0 aliphatic rings. The Hall–Kier alpha value is -3.72. The van der Waals surface area contributed by atoms with E-state index in [1.54, 1.807) is 37.3 Å². The molecule has 6 nitrogen and oxygen atoms in total. The Morgan fingerprint density at radius 1 is 1.00 bits per heavy atom. The van der Waals surface area contributed by atoms with Gasteiger partial charge in [0.2, 0.25) is 5.95 Å². The summed E-state index contributed by atoms with van der Waals surface area (Å²) in [5.74, 6) is -0.0525. The Labute approximate surface area is 157 Å². The second kappa shape index (κ2) is 7.67. The van der Waals surface area contributed by atoms with E-state index in [1.807, 2.05) is 32.0 Å². The van der Waals surface area contributed by atoms with Gasteiger partial charge >= 0.3 is 0 Å². The third-order valence-corrected chi connectivity index (χ3v) is 4.15. The molecule has 0 fully saturated rings. The summed E-state index contributed by atoms with van der Waals surface area (Å²) in [5.41, 5.74) is 4.93. The molecule has 1 amide bonds. The third-order valence-electron chi connectivity index (χ3n) is 4.15. The van der Waals surface area contributed by atoms with Crippen molar-refractivity contribution < 1.29 is 4.79 Å². The molecule has 0 saturated heterocycles. The van der Waals surface area contributed by atoms with Gasteiger partial charge < -0.3 is 10.6 Å². The van der Waals surface area contributed by atoms with Crippen LogP contribution in [0.25, 0.3) is 0 Å². The van der Waals surface area contributed by atoms with Gasteiger partial charge in [0.05, 0.1) is 11.3 Å². The molecule has 0 saturated carbocycles. The first-order valence-electron chi connectivity index (χ1n) is 8.46. The SMILES string of the molecule is Cc1cc(C(=O)Nc2ccccc2C#N)nc(Nc2ccc(C)c(C)c2)n1. The summed E-state index contributed by atoms with van der Waals surface area (Å²) in [6.07, 6.45) is 0. The van der Waals surface area contributed by atoms with Gasteiger partial charge in [0.1, 0.15) is 11.8 Å². The van der Waals surface area contributed by atoms with Crippen molar-refractivity contribution in [3.63, 3.8) is 0 Å². The zero-order valence-electron chi connectivity index (χ0n) is 15.4. The van der Waals surface area contributed by atoms with Gasteiger partial charge in [0, 0.05) is 11.4 Å². The Morgan fingerprint density at radius 2 is 1.78 bits per heavy atom. The number of amides is 1. The Kier molecular flexibility index (Phi) is 5.13. The van der Waals surface area contributed by atoms with Crippen LogP contribution in [0.4, 0.5) is 17.3 Å². The minimum absolute atomic E-state index is 0.224. The number of carbonyl (C=O) groups excluding carboxylic acids is 1. The molecule has 3 rings (SSSR count). The van der Waals surface area contributed by atoms with Crippen LogP contribution in [0.1, 0.15) is 32.9 Å². The number of nitrogens with one attached hydrogen (secondary N) is 2. The first-order chi connectivity index (χ1) is 13.0. The molecule has 3 aromatic rings. The monoisotopic (exact) mass is 357 g/mol. The van der Waals surface area contributed by atoms with E-state index in [2.05, 4.69) is 26.7 Å². The van der Waals surface area contributed by atoms with E-state index in [0.29, 0.717) is 22.9 Å². The lowest BCUT2D eigenvalue weighted by Crippen LogP contribution is -2.16. The molecule has 0 aliphatic heterocycles. The maximum atomic E-state index is 12.6. The van der Waals surface area contributed by atoms with Crippen molar-refractivity contribution in [3.8, 4) is 6.07 Å². The number of aryl methyl sites for hydroxylation is 3. The van der Waals surface area contributed by atoms with Gasteiger partial charge in [-0.15, -0.1) is 0 Å². The molecule has 1 heterocycles. The normalized spacial score (nSPS) is 10.1. The average Bonchev–Trinajstić information content (AvgIpc) is 2.64. The van der Waals surface area contributed by atoms with Gasteiger partial charge in [-0.25, -0.2) is 9.97 Å². The first kappa shape index (κ1) is 18.1. The van der Waals surface area contributed by atoms with E-state index in [4.69, 9.17) is 5.26 Å². The molecule has 0 unspecified atom stereocenters. The zero-order valence-corrected chi connectivity index (χ0v) is 15.4. The van der Waals surface area contributed by atoms with Crippen LogP contribution in [0.5, 0.6) is 0 Å². The van der Waals surface area contributed by atoms with Gasteiger partial charge in [-0.1, -0.05) is 18.2 Å². The summed E-state index contributed by atoms with van der Waals surface area (Å²) in [6, 6.07) is 16.5. The highest BCUT2D eigenvalue weighted by atomic mass is 16.1. The molecule has 0 atom stereocenters. The molecule has 2 N–H and O–H groups in total. The number of nitrogens with zero attached hydrogens (tertiary/aromatic N) is 3. The maximum Gasteiger partial charge on any atom is 0.274 e. The molecule has 0 aliphatic carbocycles. The summed E-state index contributed by atoms with van der Waals surface area (Å²) in [7, 11) is 0. The Balaban J connectivity index is 1.85. The van der Waals surface area contributed by atoms with Crippen molar-refractivity contribution in [1.82, 2.24) is 9.97 Å². The molecule has 6 heteroatoms. The summed E-state index contributed by atoms with van der Waals surface area (Å²) >= 11 is 0. The molecular weight excluding hydrogens is 338 g/mol. The highest BCUT2D eigenvalue weighted by Gasteiger charge is 2.13. The Bertz CT molecular complexity index is 1050. The largest absolute Gasteiger partial charge is 0.324 e. The minimum atomic E-state index is -0.397. The van der Waals surface area contributed by atoms with Crippen molar-refractivity contribution in [1.29, 1.82) is 5.26 Å². The van der Waals surface area contributed by atoms with Gasteiger partial charge in [-0.3, -0.25) is 4.79 Å². The lowest BCUT2D eigenvalue weighted by Gasteiger charge is -2.10. The van der Waals surface area contributed by atoms with Gasteiger partial charge in [-0.2, -0.15) is 5.26 Å². The fourth-order valence-electron chi connectivity index (χ4n) is 2.57. The molecule has 0 spiro atoms. The van der Waals surface area contributed by atoms with Crippen molar-refractivity contribution >= 4 is 23.2 Å². The molecule has 0 radical (unpaired) electrons. The zero-order chi connectivity index (χ0) is 19.4. The highest BCUT2D eigenvalue weighted by molar-refractivity contribution is 6.03. The van der Waals surface area contributed by atoms with Crippen molar-refractivity contribution in [2.75, 3.05) is 10.6 Å². The minimum Gasteiger partial charge on any atom is -0.324 e. The number of anilines is 3. The van der Waals surface area contributed by atoms with Crippen LogP contribution in [0.2, 0.25) is 0 Å². The van der Waals surface area contributed by atoms with E-state index in [9.17, 15) is 4.79 Å². The number of hydrogen-bond donors (Lipinski definition) is 2. The van der Waals surface area contributed by atoms with E-state index >= 15 is 0 Å². The van der Waals surface area contributed by atoms with Crippen LogP contribution < -0.4 is 10.6 Å². The fraction of sp³-hybridized carbons (Fsp3) is 0.143. The number of nitriles is 1. The Morgan fingerprint density at radius 3 is 2.52 bits per heavy atom. The lowest BCUT2D eigenvalue weighted by atomic mass is 10.1. The fourth-order valence-corrected chi connectivity index (χ4v) is 2.57. The molecular formula is C21H19N5O. The summed E-state index contributed by atoms with van der Waals surface area (Å²) in [6.45, 7) is 5.88. The van der Waals surface area contributed by atoms with Crippen LogP contribution >= 0.6 is 0 Å². The smallest absolute Gasteiger partial charge is 0.274 e. The number of carbonyl (C=O) groups is 1. The van der Waals surface area contributed by atoms with Gasteiger partial charge in [-0.05, 0) is 62.2 Å². The van der Waals surface area contributed by atoms with E-state index in [-0.39, 0.29) is 5.69 Å². The number of benzene rings is 2. The predicted molar refractivity (Wildman–Crippen MR) is 105 cm³/mol. The average molecular weight is 357 g/mol. The molecule has 27 heavy (non-hydrogen) atoms. The van der Waals surface area contributed by atoms with Crippen LogP contribution in [-0.4, -0.2) is 15.9 Å². The third kappa shape index (κ3) is 4.28. The predicted octanol–water partition coefficient (Wildman–Crippen LogP) is 4.27. The highest BCUT2D eigenvalue weighted by Crippen LogP contribution is 2.19. The topological polar surface area (TPSA) is 90.7 Å². The first-order valence-corrected chi connectivity index (χ1v) is 8.46. The van der Waals surface area contributed by atoms with Gasteiger partial charge in [0.15, 0.2) is 0 Å². The van der Waals surface area contributed by atoms with Crippen molar-refractivity contribution in [2.24, 2.45) is 0 Å². The molecule has 134 valence electrons. The quantitative estimate of drug-likeness (QED) is 0.728. The van der Waals surface area contributed by atoms with Crippen LogP contribution in [0, 0.1) is 32.1 Å². The second-order valence-corrected chi connectivity index (χ2v) is 6.25. The van der Waals surface area contributed by atoms with Crippen LogP contribution in [-0.2, 0) is 0 Å². The van der Waals surface area contributed by atoms with Crippen LogP contribution in [0.15, 0.2) is 48.5 Å². The summed E-state index contributed by atoms with van der Waals surface area (Å²) < 4.78 is 0. The number of aromatic nitrogens is 2. The van der Waals surface area contributed by atoms with E-state index < -0.39 is 5.91 Å². The summed E-state index contributed by atoms with van der Waals surface area (Å²) in [5, 5.41) is 15.0. The standard InChI is InChI=1S/C21H19N5O/c1-13-8-9-17(10-14(13)2)24-21-23-15(3)11-19(26-21)20(27)25-18-7-5-4-6-16(18)12-22/h4-11H,1-3H3,(H,25,27)(H,23,24,26). The van der Waals surface area contributed by atoms with E-state index in [1.165, 1.54) is 5.56 Å². The number of para-hydroxylation sites is 1. The maximum absolute atomic E-state index is 12.6. The molecule has 2 aromatic carbocycles. The van der Waals surface area contributed by atoms with Crippen molar-refractivity contribution in [3.05, 3.63) is 76.6 Å². The van der Waals surface area contributed by atoms with Crippen molar-refractivity contribution in [2.45, 2.75) is 20.8 Å².